The molecule has 0 atom stereocenters. The van der Waals surface area contributed by atoms with Gasteiger partial charge in [-0.25, -0.2) is 9.69 Å². The van der Waals surface area contributed by atoms with Gasteiger partial charge in [-0.1, -0.05) is 29.4 Å². The van der Waals surface area contributed by atoms with E-state index in [1.54, 1.807) is 18.2 Å². The summed E-state index contributed by atoms with van der Waals surface area (Å²) in [7, 11) is 0. The first kappa shape index (κ1) is 17.5. The van der Waals surface area contributed by atoms with Gasteiger partial charge in [0.25, 0.3) is 0 Å². The number of amides is 2. The lowest BCUT2D eigenvalue weighted by molar-refractivity contribution is -0.125. The van der Waals surface area contributed by atoms with Crippen molar-refractivity contribution in [3.05, 3.63) is 41.9 Å². The molecule has 7 nitrogen and oxygen atoms in total. The molecule has 1 saturated heterocycles. The average Bonchev–Trinajstić information content (AvgIpc) is 3.20. The number of aromatic nitrogens is 3. The lowest BCUT2D eigenvalue weighted by Gasteiger charge is -2.11. The van der Waals surface area contributed by atoms with Gasteiger partial charge in [0.2, 0.25) is 5.91 Å². The number of allylic oxidation sites excluding steroid dienone is 1. The minimum absolute atomic E-state index is 0.0744. The predicted molar refractivity (Wildman–Crippen MR) is 94.5 cm³/mol. The van der Waals surface area contributed by atoms with Crippen molar-refractivity contribution < 1.29 is 14.3 Å². The van der Waals surface area contributed by atoms with Crippen LogP contribution in [0.15, 0.2) is 42.1 Å². The molecule has 25 heavy (non-hydrogen) atoms. The summed E-state index contributed by atoms with van der Waals surface area (Å²) in [6, 6.07) is 7.26. The molecule has 0 radical (unpaired) electrons. The second kappa shape index (κ2) is 7.71. The van der Waals surface area contributed by atoms with E-state index in [0.29, 0.717) is 22.5 Å². The van der Waals surface area contributed by atoms with E-state index in [1.165, 1.54) is 11.8 Å². The van der Waals surface area contributed by atoms with Crippen molar-refractivity contribution in [3.8, 4) is 11.4 Å². The normalized spacial score (nSPS) is 13.8. The number of hydrogen-bond acceptors (Lipinski definition) is 6. The van der Waals surface area contributed by atoms with Crippen molar-refractivity contribution in [1.82, 2.24) is 19.7 Å². The maximum atomic E-state index is 12.1. The van der Waals surface area contributed by atoms with Crippen LogP contribution < -0.4 is 0 Å². The molecular weight excluding hydrogens is 364 g/mol. The number of thioether (sulfide) groups is 1. The van der Waals surface area contributed by atoms with Gasteiger partial charge in [-0.05, 0) is 24.3 Å². The quantitative estimate of drug-likeness (QED) is 0.568. The van der Waals surface area contributed by atoms with E-state index in [2.05, 4.69) is 16.8 Å². The number of hydrogen-bond donors (Lipinski definition) is 0. The van der Waals surface area contributed by atoms with E-state index in [1.807, 2.05) is 16.7 Å². The van der Waals surface area contributed by atoms with Gasteiger partial charge >= 0.3 is 6.09 Å². The summed E-state index contributed by atoms with van der Waals surface area (Å²) in [5.41, 5.74) is 0.861. The fourth-order valence-corrected chi connectivity index (χ4v) is 3.28. The zero-order chi connectivity index (χ0) is 17.8. The van der Waals surface area contributed by atoms with Crippen LogP contribution in [0.2, 0.25) is 5.02 Å². The molecule has 0 N–H and O–H groups in total. The highest BCUT2D eigenvalue weighted by atomic mass is 35.5. The minimum atomic E-state index is -0.597. The number of carbonyl (C=O) groups is 2. The number of carbonyl (C=O) groups excluding carboxylic acids is 2. The number of nitrogens with zero attached hydrogens (tertiary/aromatic N) is 4. The molecule has 0 spiro atoms. The fourth-order valence-electron chi connectivity index (χ4n) is 2.33. The Morgan fingerprint density at radius 1 is 1.36 bits per heavy atom. The molecule has 1 aromatic heterocycles. The number of rotatable bonds is 6. The van der Waals surface area contributed by atoms with Crippen LogP contribution in [-0.4, -0.2) is 50.6 Å². The minimum Gasteiger partial charge on any atom is -0.447 e. The molecule has 2 heterocycles. The summed E-state index contributed by atoms with van der Waals surface area (Å²) in [6.07, 6.45) is 1.13. The molecule has 9 heteroatoms. The highest BCUT2D eigenvalue weighted by Crippen LogP contribution is 2.25. The van der Waals surface area contributed by atoms with E-state index in [-0.39, 0.29) is 24.8 Å². The second-order valence-electron chi connectivity index (χ2n) is 5.16. The van der Waals surface area contributed by atoms with Crippen LogP contribution in [0, 0.1) is 0 Å². The predicted octanol–water partition coefficient (Wildman–Crippen LogP) is 2.86. The van der Waals surface area contributed by atoms with Crippen LogP contribution in [0.25, 0.3) is 11.4 Å². The van der Waals surface area contributed by atoms with Crippen LogP contribution >= 0.6 is 23.4 Å². The van der Waals surface area contributed by atoms with E-state index in [4.69, 9.17) is 16.3 Å². The van der Waals surface area contributed by atoms with Crippen molar-refractivity contribution in [1.29, 1.82) is 0 Å². The Hall–Kier alpha value is -2.32. The molecule has 0 unspecified atom stereocenters. The monoisotopic (exact) mass is 378 g/mol. The van der Waals surface area contributed by atoms with Gasteiger partial charge < -0.3 is 4.74 Å². The third-order valence-electron chi connectivity index (χ3n) is 3.52. The number of ether oxygens (including phenoxy) is 1. The molecule has 3 rings (SSSR count). The van der Waals surface area contributed by atoms with Crippen molar-refractivity contribution in [2.24, 2.45) is 0 Å². The summed E-state index contributed by atoms with van der Waals surface area (Å²) < 4.78 is 6.63. The van der Waals surface area contributed by atoms with E-state index in [0.717, 1.165) is 10.5 Å². The Labute approximate surface area is 153 Å². The molecule has 0 bridgehead atoms. The summed E-state index contributed by atoms with van der Waals surface area (Å²) >= 11 is 7.14. The largest absolute Gasteiger partial charge is 0.447 e. The van der Waals surface area contributed by atoms with Crippen LogP contribution in [0.3, 0.4) is 0 Å². The fraction of sp³-hybridized carbons (Fsp3) is 0.250. The Balaban J connectivity index is 1.77. The van der Waals surface area contributed by atoms with Crippen LogP contribution in [0.4, 0.5) is 4.79 Å². The Morgan fingerprint density at radius 3 is 2.76 bits per heavy atom. The molecule has 2 aromatic rings. The molecule has 1 aromatic carbocycles. The first-order valence-corrected chi connectivity index (χ1v) is 8.86. The van der Waals surface area contributed by atoms with Crippen molar-refractivity contribution in [3.63, 3.8) is 0 Å². The van der Waals surface area contributed by atoms with Crippen molar-refractivity contribution in [2.45, 2.75) is 11.7 Å². The number of cyclic esters (lactones) is 1. The summed E-state index contributed by atoms with van der Waals surface area (Å²) in [5, 5.41) is 9.58. The maximum Gasteiger partial charge on any atom is 0.416 e. The summed E-state index contributed by atoms with van der Waals surface area (Å²) in [4.78, 5) is 24.7. The molecule has 0 saturated carbocycles. The second-order valence-corrected chi connectivity index (χ2v) is 6.54. The number of imide groups is 1. The topological polar surface area (TPSA) is 77.3 Å². The van der Waals surface area contributed by atoms with Crippen LogP contribution in [-0.2, 0) is 16.1 Å². The smallest absolute Gasteiger partial charge is 0.416 e. The standard InChI is InChI=1S/C16H15ClN4O3S/c1-2-7-21-14(11-3-5-12(17)6-4-11)18-19-15(21)25-10-13(22)20-8-9-24-16(20)23/h2-6H,1,7-10H2. The molecule has 1 aliphatic rings. The highest BCUT2D eigenvalue weighted by molar-refractivity contribution is 7.99. The van der Waals surface area contributed by atoms with Gasteiger partial charge in [0.15, 0.2) is 11.0 Å². The first-order valence-electron chi connectivity index (χ1n) is 7.50. The van der Waals surface area contributed by atoms with Gasteiger partial charge in [0.05, 0.1) is 12.3 Å². The first-order chi connectivity index (χ1) is 12.1. The lowest BCUT2D eigenvalue weighted by Crippen LogP contribution is -2.33. The Bertz CT molecular complexity index is 806. The summed E-state index contributed by atoms with van der Waals surface area (Å²) in [5.74, 6) is 0.422. The van der Waals surface area contributed by atoms with Gasteiger partial charge in [0.1, 0.15) is 6.61 Å². The molecule has 130 valence electrons. The molecular formula is C16H15ClN4O3S. The number of benzene rings is 1. The SMILES string of the molecule is C=CCn1c(SCC(=O)N2CCOC2=O)nnc1-c1ccc(Cl)cc1. The zero-order valence-electron chi connectivity index (χ0n) is 13.2. The Morgan fingerprint density at radius 2 is 2.12 bits per heavy atom. The average molecular weight is 379 g/mol. The van der Waals surface area contributed by atoms with Gasteiger partial charge in [-0.15, -0.1) is 16.8 Å². The molecule has 1 aliphatic heterocycles. The Kier molecular flexibility index (Phi) is 5.40. The molecule has 2 amide bonds. The molecule has 0 aliphatic carbocycles. The van der Waals surface area contributed by atoms with Crippen molar-refractivity contribution in [2.75, 3.05) is 18.9 Å². The maximum absolute atomic E-state index is 12.1. The number of halogens is 1. The summed E-state index contributed by atoms with van der Waals surface area (Å²) in [6.45, 7) is 4.77. The van der Waals surface area contributed by atoms with Gasteiger partial charge in [-0.3, -0.25) is 9.36 Å². The third-order valence-corrected chi connectivity index (χ3v) is 4.72. The van der Waals surface area contributed by atoms with Gasteiger partial charge in [-0.2, -0.15) is 0 Å². The zero-order valence-corrected chi connectivity index (χ0v) is 14.8. The van der Waals surface area contributed by atoms with Crippen molar-refractivity contribution >= 4 is 35.4 Å². The van der Waals surface area contributed by atoms with E-state index < -0.39 is 6.09 Å². The third kappa shape index (κ3) is 3.85. The van der Waals surface area contributed by atoms with E-state index in [9.17, 15) is 9.59 Å². The van der Waals surface area contributed by atoms with Crippen LogP contribution in [0.5, 0.6) is 0 Å². The highest BCUT2D eigenvalue weighted by Gasteiger charge is 2.28. The van der Waals surface area contributed by atoms with Gasteiger partial charge in [0, 0.05) is 17.1 Å². The van der Waals surface area contributed by atoms with E-state index >= 15 is 0 Å². The lowest BCUT2D eigenvalue weighted by atomic mass is 10.2. The van der Waals surface area contributed by atoms with Crippen LogP contribution in [0.1, 0.15) is 0 Å². The molecule has 1 fully saturated rings.